The Bertz CT molecular complexity index is 749. The van der Waals surface area contributed by atoms with Gasteiger partial charge in [0.25, 0.3) is 0 Å². The van der Waals surface area contributed by atoms with E-state index in [0.29, 0.717) is 17.7 Å². The van der Waals surface area contributed by atoms with Crippen molar-refractivity contribution in [2.75, 3.05) is 31.1 Å². The molecule has 1 aromatic carbocycles. The predicted molar refractivity (Wildman–Crippen MR) is 104 cm³/mol. The van der Waals surface area contributed by atoms with Gasteiger partial charge in [-0.05, 0) is 41.5 Å². The number of nitrogens with zero attached hydrogens (tertiary/aromatic N) is 3. The van der Waals surface area contributed by atoms with Gasteiger partial charge in [-0.2, -0.15) is 0 Å². The van der Waals surface area contributed by atoms with Crippen LogP contribution in [0.25, 0.3) is 0 Å². The second kappa shape index (κ2) is 7.10. The quantitative estimate of drug-likeness (QED) is 0.845. The van der Waals surface area contributed by atoms with Crippen LogP contribution in [0.15, 0.2) is 48.7 Å². The van der Waals surface area contributed by atoms with Crippen molar-refractivity contribution in [3.8, 4) is 0 Å². The molecular formula is C22H27N3O. The van der Waals surface area contributed by atoms with Gasteiger partial charge in [-0.25, -0.2) is 4.98 Å². The van der Waals surface area contributed by atoms with Crippen LogP contribution in [0.3, 0.4) is 0 Å². The maximum Gasteiger partial charge on any atom is 0.226 e. The summed E-state index contributed by atoms with van der Waals surface area (Å²) in [5.74, 6) is 2.49. The third-order valence-electron chi connectivity index (χ3n) is 5.70. The topological polar surface area (TPSA) is 36.4 Å². The first-order chi connectivity index (χ1) is 12.6. The van der Waals surface area contributed by atoms with Crippen molar-refractivity contribution < 1.29 is 4.79 Å². The normalized spacial score (nSPS) is 22.6. The Morgan fingerprint density at radius 3 is 2.38 bits per heavy atom. The number of piperazine rings is 1. The summed E-state index contributed by atoms with van der Waals surface area (Å²) >= 11 is 0. The lowest BCUT2D eigenvalue weighted by atomic mass is 10.00. The first-order valence-corrected chi connectivity index (χ1v) is 9.68. The van der Waals surface area contributed by atoms with E-state index in [1.807, 2.05) is 29.3 Å². The van der Waals surface area contributed by atoms with Gasteiger partial charge in [-0.15, -0.1) is 0 Å². The van der Waals surface area contributed by atoms with Gasteiger partial charge in [0.05, 0.1) is 0 Å². The summed E-state index contributed by atoms with van der Waals surface area (Å²) in [6, 6.07) is 14.8. The molecule has 2 aliphatic rings. The van der Waals surface area contributed by atoms with Crippen molar-refractivity contribution in [3.63, 3.8) is 0 Å². The van der Waals surface area contributed by atoms with Crippen LogP contribution < -0.4 is 4.90 Å². The summed E-state index contributed by atoms with van der Waals surface area (Å²) in [5.41, 5.74) is 2.68. The van der Waals surface area contributed by atoms with Gasteiger partial charge < -0.3 is 9.80 Å². The number of hydrogen-bond acceptors (Lipinski definition) is 3. The van der Waals surface area contributed by atoms with E-state index >= 15 is 0 Å². The number of hydrogen-bond donors (Lipinski definition) is 0. The maximum atomic E-state index is 12.9. The van der Waals surface area contributed by atoms with Crippen molar-refractivity contribution in [3.05, 3.63) is 59.8 Å². The monoisotopic (exact) mass is 349 g/mol. The Balaban J connectivity index is 1.32. The number of carbonyl (C=O) groups excluding carboxylic acids is 1. The molecule has 2 unspecified atom stereocenters. The summed E-state index contributed by atoms with van der Waals surface area (Å²) in [4.78, 5) is 21.6. The minimum absolute atomic E-state index is 0.182. The Hall–Kier alpha value is -2.36. The molecule has 2 heterocycles. The van der Waals surface area contributed by atoms with Crippen LogP contribution in [0.2, 0.25) is 0 Å². The highest BCUT2D eigenvalue weighted by atomic mass is 16.2. The van der Waals surface area contributed by atoms with E-state index < -0.39 is 0 Å². The second-order valence-corrected chi connectivity index (χ2v) is 7.77. The summed E-state index contributed by atoms with van der Waals surface area (Å²) in [5, 5.41) is 0. The first kappa shape index (κ1) is 17.1. The highest BCUT2D eigenvalue weighted by Crippen LogP contribution is 2.48. The lowest BCUT2D eigenvalue weighted by Crippen LogP contribution is -2.49. The second-order valence-electron chi connectivity index (χ2n) is 7.77. The Labute approximate surface area is 155 Å². The zero-order valence-electron chi connectivity index (χ0n) is 15.6. The minimum Gasteiger partial charge on any atom is -0.353 e. The highest BCUT2D eigenvalue weighted by Gasteiger charge is 2.46. The zero-order valence-corrected chi connectivity index (χ0v) is 15.6. The molecule has 0 spiro atoms. The van der Waals surface area contributed by atoms with E-state index in [4.69, 9.17) is 0 Å². The lowest BCUT2D eigenvalue weighted by Gasteiger charge is -2.35. The van der Waals surface area contributed by atoms with Gasteiger partial charge in [-0.3, -0.25) is 4.79 Å². The fourth-order valence-electron chi connectivity index (χ4n) is 3.90. The van der Waals surface area contributed by atoms with E-state index in [0.717, 1.165) is 38.4 Å². The molecule has 0 radical (unpaired) electrons. The van der Waals surface area contributed by atoms with Crippen molar-refractivity contribution >= 4 is 11.7 Å². The molecule has 0 N–H and O–H groups in total. The van der Waals surface area contributed by atoms with Crippen LogP contribution >= 0.6 is 0 Å². The number of carbonyl (C=O) groups is 1. The number of anilines is 1. The van der Waals surface area contributed by atoms with E-state index in [1.165, 1.54) is 11.1 Å². The standard InChI is InChI=1S/C22H27N3O/c1-16(2)17-6-8-18(9-7-17)19-15-20(19)22(26)25-13-11-24(12-14-25)21-5-3-4-10-23-21/h3-10,16,19-20H,11-15H2,1-2H3. The molecule has 1 aromatic heterocycles. The van der Waals surface area contributed by atoms with Crippen molar-refractivity contribution in [1.29, 1.82) is 0 Å². The summed E-state index contributed by atoms with van der Waals surface area (Å²) in [6.07, 6.45) is 2.83. The Morgan fingerprint density at radius 1 is 1.04 bits per heavy atom. The Morgan fingerprint density at radius 2 is 1.77 bits per heavy atom. The van der Waals surface area contributed by atoms with Crippen molar-refractivity contribution in [2.45, 2.75) is 32.1 Å². The van der Waals surface area contributed by atoms with Gasteiger partial charge in [0.1, 0.15) is 5.82 Å². The van der Waals surface area contributed by atoms with Crippen LogP contribution in [0.4, 0.5) is 5.82 Å². The molecule has 1 saturated carbocycles. The van der Waals surface area contributed by atoms with E-state index in [9.17, 15) is 4.79 Å². The number of pyridine rings is 1. The predicted octanol–water partition coefficient (Wildman–Crippen LogP) is 3.66. The van der Waals surface area contributed by atoms with Crippen molar-refractivity contribution in [2.24, 2.45) is 5.92 Å². The molecule has 2 fully saturated rings. The average Bonchev–Trinajstić information content (AvgIpc) is 3.49. The van der Waals surface area contributed by atoms with Crippen LogP contribution in [-0.2, 0) is 4.79 Å². The summed E-state index contributed by atoms with van der Waals surface area (Å²) in [7, 11) is 0. The fraction of sp³-hybridized carbons (Fsp3) is 0.455. The lowest BCUT2D eigenvalue weighted by molar-refractivity contribution is -0.133. The molecule has 1 amide bonds. The Kier molecular flexibility index (Phi) is 4.66. The number of aromatic nitrogens is 1. The molecule has 1 aliphatic heterocycles. The average molecular weight is 349 g/mol. The first-order valence-electron chi connectivity index (χ1n) is 9.68. The van der Waals surface area contributed by atoms with Gasteiger partial charge in [0.15, 0.2) is 0 Å². The SMILES string of the molecule is CC(C)c1ccc(C2CC2C(=O)N2CCN(c3ccccn3)CC2)cc1. The maximum absolute atomic E-state index is 12.9. The number of benzene rings is 1. The molecule has 136 valence electrons. The smallest absolute Gasteiger partial charge is 0.226 e. The van der Waals surface area contributed by atoms with Gasteiger partial charge in [-0.1, -0.05) is 44.2 Å². The minimum atomic E-state index is 0.182. The molecule has 4 rings (SSSR count). The summed E-state index contributed by atoms with van der Waals surface area (Å²) in [6.45, 7) is 7.74. The highest BCUT2D eigenvalue weighted by molar-refractivity contribution is 5.83. The summed E-state index contributed by atoms with van der Waals surface area (Å²) < 4.78 is 0. The largest absolute Gasteiger partial charge is 0.353 e. The van der Waals surface area contributed by atoms with E-state index in [-0.39, 0.29) is 5.92 Å². The molecule has 1 aliphatic carbocycles. The molecule has 26 heavy (non-hydrogen) atoms. The molecule has 2 aromatic rings. The van der Waals surface area contributed by atoms with Gasteiger partial charge in [0.2, 0.25) is 5.91 Å². The van der Waals surface area contributed by atoms with Gasteiger partial charge >= 0.3 is 0 Å². The third-order valence-corrected chi connectivity index (χ3v) is 5.70. The molecule has 1 saturated heterocycles. The number of amides is 1. The number of rotatable bonds is 4. The molecular weight excluding hydrogens is 322 g/mol. The van der Waals surface area contributed by atoms with Crippen LogP contribution in [0.5, 0.6) is 0 Å². The molecule has 2 atom stereocenters. The van der Waals surface area contributed by atoms with E-state index in [1.54, 1.807) is 0 Å². The van der Waals surface area contributed by atoms with Crippen LogP contribution in [-0.4, -0.2) is 42.0 Å². The fourth-order valence-corrected chi connectivity index (χ4v) is 3.90. The van der Waals surface area contributed by atoms with Crippen LogP contribution in [0, 0.1) is 5.92 Å². The molecule has 4 nitrogen and oxygen atoms in total. The zero-order chi connectivity index (χ0) is 18.1. The van der Waals surface area contributed by atoms with Gasteiger partial charge in [0, 0.05) is 38.3 Å². The molecule has 4 heteroatoms. The molecule has 0 bridgehead atoms. The third kappa shape index (κ3) is 3.46. The van der Waals surface area contributed by atoms with E-state index in [2.05, 4.69) is 48.0 Å². The van der Waals surface area contributed by atoms with Crippen LogP contribution in [0.1, 0.15) is 43.2 Å². The van der Waals surface area contributed by atoms with Crippen molar-refractivity contribution in [1.82, 2.24) is 9.88 Å².